The van der Waals surface area contributed by atoms with E-state index >= 15 is 0 Å². The summed E-state index contributed by atoms with van der Waals surface area (Å²) in [6.07, 6.45) is 4.51. The molecule has 0 aliphatic rings. The first-order valence-corrected chi connectivity index (χ1v) is 6.60. The smallest absolute Gasteiger partial charge is 0.134 e. The van der Waals surface area contributed by atoms with Crippen molar-refractivity contribution < 1.29 is 0 Å². The van der Waals surface area contributed by atoms with Gasteiger partial charge < -0.3 is 9.88 Å². The summed E-state index contributed by atoms with van der Waals surface area (Å²) in [5.41, 5.74) is 1.000. The Kier molecular flexibility index (Phi) is 4.43. The van der Waals surface area contributed by atoms with Crippen molar-refractivity contribution in [3.8, 4) is 0 Å². The predicted molar refractivity (Wildman–Crippen MR) is 74.0 cm³/mol. The van der Waals surface area contributed by atoms with Crippen LogP contribution in [0.2, 0.25) is 0 Å². The molecule has 1 N–H and O–H groups in total. The maximum Gasteiger partial charge on any atom is 0.134 e. The van der Waals surface area contributed by atoms with Gasteiger partial charge in [0.25, 0.3) is 0 Å². The van der Waals surface area contributed by atoms with Crippen LogP contribution in [0.4, 0.5) is 5.82 Å². The largest absolute Gasteiger partial charge is 0.370 e. The molecule has 2 heterocycles. The number of hydrogen-bond acceptors (Lipinski definition) is 5. The molecule has 6 nitrogen and oxygen atoms in total. The Morgan fingerprint density at radius 1 is 1.26 bits per heavy atom. The van der Waals surface area contributed by atoms with E-state index in [0.29, 0.717) is 0 Å². The summed E-state index contributed by atoms with van der Waals surface area (Å²) in [7, 11) is 1.95. The van der Waals surface area contributed by atoms with E-state index in [0.717, 1.165) is 49.0 Å². The number of nitrogens with one attached hydrogen (secondary N) is 1. The molecule has 19 heavy (non-hydrogen) atoms. The van der Waals surface area contributed by atoms with Crippen LogP contribution in [0.25, 0.3) is 0 Å². The van der Waals surface area contributed by atoms with Gasteiger partial charge in [0.15, 0.2) is 0 Å². The Morgan fingerprint density at radius 2 is 2.11 bits per heavy atom. The highest BCUT2D eigenvalue weighted by molar-refractivity contribution is 5.35. The minimum Gasteiger partial charge on any atom is -0.370 e. The minimum atomic E-state index is 0.786. The van der Waals surface area contributed by atoms with Crippen molar-refractivity contribution in [3.05, 3.63) is 29.7 Å². The molecule has 0 spiro atoms. The maximum atomic E-state index is 4.50. The summed E-state index contributed by atoms with van der Waals surface area (Å²) in [4.78, 5) is 8.92. The fraction of sp³-hybridized carbons (Fsp3) is 0.538. The fourth-order valence-electron chi connectivity index (χ4n) is 1.89. The van der Waals surface area contributed by atoms with Gasteiger partial charge in [0.05, 0.1) is 0 Å². The van der Waals surface area contributed by atoms with Crippen LogP contribution < -0.4 is 5.32 Å². The topological polar surface area (TPSA) is 68.5 Å². The average Bonchev–Trinajstić information content (AvgIpc) is 2.75. The number of hydrogen-bond donors (Lipinski definition) is 1. The molecule has 0 saturated carbocycles. The van der Waals surface area contributed by atoms with Crippen LogP contribution in [-0.4, -0.2) is 31.3 Å². The molecule has 0 atom stereocenters. The molecule has 0 fully saturated rings. The minimum absolute atomic E-state index is 0.786. The zero-order chi connectivity index (χ0) is 13.7. The molecule has 0 unspecified atom stereocenters. The number of anilines is 1. The van der Waals surface area contributed by atoms with Gasteiger partial charge in [-0.25, -0.2) is 9.97 Å². The van der Waals surface area contributed by atoms with Gasteiger partial charge in [0, 0.05) is 38.2 Å². The molecule has 2 aromatic heterocycles. The van der Waals surface area contributed by atoms with Crippen molar-refractivity contribution in [1.29, 1.82) is 0 Å². The number of aryl methyl sites for hydroxylation is 3. The monoisotopic (exact) mass is 260 g/mol. The van der Waals surface area contributed by atoms with E-state index < -0.39 is 0 Å². The average molecular weight is 260 g/mol. The Balaban J connectivity index is 1.94. The summed E-state index contributed by atoms with van der Waals surface area (Å²) in [5, 5.41) is 11.2. The first-order valence-electron chi connectivity index (χ1n) is 6.60. The van der Waals surface area contributed by atoms with Gasteiger partial charge in [0.1, 0.15) is 23.8 Å². The molecule has 2 rings (SSSR count). The highest BCUT2D eigenvalue weighted by Crippen LogP contribution is 2.07. The molecular formula is C13H20N6. The van der Waals surface area contributed by atoms with Crippen LogP contribution >= 0.6 is 0 Å². The summed E-state index contributed by atoms with van der Waals surface area (Å²) < 4.78 is 1.93. The van der Waals surface area contributed by atoms with Crippen molar-refractivity contribution >= 4 is 5.82 Å². The second kappa shape index (κ2) is 6.26. The molecule has 0 aliphatic carbocycles. The Hall–Kier alpha value is -1.98. The van der Waals surface area contributed by atoms with E-state index in [4.69, 9.17) is 0 Å². The molecule has 0 aliphatic heterocycles. The molecule has 102 valence electrons. The van der Waals surface area contributed by atoms with Crippen molar-refractivity contribution in [2.24, 2.45) is 7.05 Å². The second-order valence-corrected chi connectivity index (χ2v) is 4.60. The molecule has 0 aromatic carbocycles. The van der Waals surface area contributed by atoms with Gasteiger partial charge in [-0.1, -0.05) is 6.92 Å². The molecule has 0 saturated heterocycles. The highest BCUT2D eigenvalue weighted by Gasteiger charge is 2.03. The summed E-state index contributed by atoms with van der Waals surface area (Å²) in [6.45, 7) is 4.91. The summed E-state index contributed by atoms with van der Waals surface area (Å²) >= 11 is 0. The summed E-state index contributed by atoms with van der Waals surface area (Å²) in [5.74, 6) is 2.76. The van der Waals surface area contributed by atoms with Crippen LogP contribution in [0.5, 0.6) is 0 Å². The maximum absolute atomic E-state index is 4.50. The van der Waals surface area contributed by atoms with Gasteiger partial charge in [-0.15, -0.1) is 10.2 Å². The number of rotatable bonds is 6. The third kappa shape index (κ3) is 3.74. The van der Waals surface area contributed by atoms with Crippen molar-refractivity contribution in [2.75, 3.05) is 11.9 Å². The number of nitrogens with zero attached hydrogens (tertiary/aromatic N) is 5. The zero-order valence-corrected chi connectivity index (χ0v) is 11.7. The van der Waals surface area contributed by atoms with Crippen LogP contribution in [-0.2, 0) is 19.9 Å². The lowest BCUT2D eigenvalue weighted by Gasteiger charge is -2.08. The second-order valence-electron chi connectivity index (χ2n) is 4.60. The quantitative estimate of drug-likeness (QED) is 0.853. The Labute approximate surface area is 113 Å². The van der Waals surface area contributed by atoms with E-state index in [1.807, 2.05) is 24.6 Å². The predicted octanol–water partition coefficient (Wildman–Crippen LogP) is 1.52. The highest BCUT2D eigenvalue weighted by atomic mass is 15.2. The van der Waals surface area contributed by atoms with E-state index in [9.17, 15) is 0 Å². The van der Waals surface area contributed by atoms with E-state index in [-0.39, 0.29) is 0 Å². The normalized spacial score (nSPS) is 10.7. The number of aromatic nitrogens is 5. The van der Waals surface area contributed by atoms with Gasteiger partial charge >= 0.3 is 0 Å². The van der Waals surface area contributed by atoms with Crippen LogP contribution in [0.15, 0.2) is 12.4 Å². The van der Waals surface area contributed by atoms with Crippen LogP contribution in [0, 0.1) is 6.92 Å². The van der Waals surface area contributed by atoms with Gasteiger partial charge in [-0.3, -0.25) is 0 Å². The Bertz CT molecular complexity index is 534. The zero-order valence-electron chi connectivity index (χ0n) is 11.7. The SMILES string of the molecule is CCCc1nc(C)cc(NCCc2nncn2C)n1. The molecule has 6 heteroatoms. The van der Waals surface area contributed by atoms with Crippen LogP contribution in [0.1, 0.15) is 30.7 Å². The third-order valence-electron chi connectivity index (χ3n) is 2.83. The third-order valence-corrected chi connectivity index (χ3v) is 2.83. The van der Waals surface area contributed by atoms with Crippen molar-refractivity contribution in [3.63, 3.8) is 0 Å². The van der Waals surface area contributed by atoms with Crippen LogP contribution in [0.3, 0.4) is 0 Å². The van der Waals surface area contributed by atoms with Crippen molar-refractivity contribution in [2.45, 2.75) is 33.1 Å². The molecule has 2 aromatic rings. The van der Waals surface area contributed by atoms with E-state index in [1.165, 1.54) is 0 Å². The molecule has 0 amide bonds. The molecule has 0 radical (unpaired) electrons. The first-order chi connectivity index (χ1) is 9.19. The fourth-order valence-corrected chi connectivity index (χ4v) is 1.89. The van der Waals surface area contributed by atoms with E-state index in [1.54, 1.807) is 6.33 Å². The lowest BCUT2D eigenvalue weighted by Crippen LogP contribution is -2.11. The van der Waals surface area contributed by atoms with E-state index in [2.05, 4.69) is 32.4 Å². The van der Waals surface area contributed by atoms with Gasteiger partial charge in [0.2, 0.25) is 0 Å². The summed E-state index contributed by atoms with van der Waals surface area (Å²) in [6, 6.07) is 1.97. The first kappa shape index (κ1) is 13.5. The van der Waals surface area contributed by atoms with Crippen molar-refractivity contribution in [1.82, 2.24) is 24.7 Å². The lowest BCUT2D eigenvalue weighted by molar-refractivity contribution is 0.783. The molecular weight excluding hydrogens is 240 g/mol. The lowest BCUT2D eigenvalue weighted by atomic mass is 10.3. The standard InChI is InChI=1S/C13H20N6/c1-4-5-11-16-10(2)8-12(17-11)14-7-6-13-18-15-9-19(13)3/h8-9H,4-7H2,1-3H3,(H,14,16,17). The molecule has 0 bridgehead atoms. The Morgan fingerprint density at radius 3 is 2.79 bits per heavy atom. The van der Waals surface area contributed by atoms with Gasteiger partial charge in [-0.2, -0.15) is 0 Å². The van der Waals surface area contributed by atoms with Gasteiger partial charge in [-0.05, 0) is 13.3 Å².